The number of piperidine rings is 1. The molecule has 0 spiro atoms. The second-order valence-electron chi connectivity index (χ2n) is 11.0. The molecule has 3 heterocycles. The highest BCUT2D eigenvalue weighted by Crippen LogP contribution is 2.40. The molecule has 180 valence electrons. The maximum absolute atomic E-state index is 13.6. The molecule has 0 atom stereocenters. The quantitative estimate of drug-likeness (QED) is 0.696. The summed E-state index contributed by atoms with van der Waals surface area (Å²) in [6.45, 7) is 9.03. The molecule has 1 saturated heterocycles. The third-order valence-electron chi connectivity index (χ3n) is 6.85. The predicted molar refractivity (Wildman–Crippen MR) is 129 cm³/mol. The summed E-state index contributed by atoms with van der Waals surface area (Å²) in [6.07, 6.45) is 3.66. The number of rotatable bonds is 7. The van der Waals surface area contributed by atoms with Gasteiger partial charge in [-0.3, -0.25) is 14.3 Å². The molecule has 2 aromatic heterocycles. The first-order valence-electron chi connectivity index (χ1n) is 12.1. The molecule has 2 aliphatic rings. The number of likely N-dealkylation sites (tertiary alicyclic amines) is 1. The van der Waals surface area contributed by atoms with Crippen LogP contribution in [0.4, 0.5) is 0 Å². The van der Waals surface area contributed by atoms with Crippen LogP contribution in [0.5, 0.6) is 0 Å². The van der Waals surface area contributed by atoms with Crippen molar-refractivity contribution in [3.63, 3.8) is 0 Å². The molecule has 33 heavy (non-hydrogen) atoms. The van der Waals surface area contributed by atoms with Crippen molar-refractivity contribution in [3.8, 4) is 0 Å². The fraction of sp³-hybridized carbons (Fsp3) is 0.680. The third-order valence-corrected chi connectivity index (χ3v) is 6.85. The number of nitrogens with one attached hydrogen (secondary N) is 1. The maximum Gasteiger partial charge on any atom is 0.254 e. The summed E-state index contributed by atoms with van der Waals surface area (Å²) >= 11 is 0. The average Bonchev–Trinajstić information content (AvgIpc) is 3.56. The van der Waals surface area contributed by atoms with Crippen LogP contribution in [0.3, 0.4) is 0 Å². The smallest absolute Gasteiger partial charge is 0.254 e. The molecule has 0 aromatic carbocycles. The van der Waals surface area contributed by atoms with Gasteiger partial charge in [0.25, 0.3) is 5.91 Å². The standard InChI is InChI=1S/C25H38N6O2/c1-16-21-19(13-20(17-7-8-17)27-22(21)30(6)28-16)24(33)31-11-9-18(10-12-31)23(32)26-14-25(2,3)15-29(4)5/h13,17-18H,7-12,14-15H2,1-6H3,(H,26,32). The van der Waals surface area contributed by atoms with Crippen LogP contribution >= 0.6 is 0 Å². The van der Waals surface area contributed by atoms with E-state index in [-0.39, 0.29) is 23.1 Å². The van der Waals surface area contributed by atoms with Crippen LogP contribution in [0, 0.1) is 18.3 Å². The summed E-state index contributed by atoms with van der Waals surface area (Å²) in [4.78, 5) is 35.2. The third kappa shape index (κ3) is 5.21. The first kappa shape index (κ1) is 23.7. The Labute approximate surface area is 196 Å². The molecule has 2 fully saturated rings. The van der Waals surface area contributed by atoms with Crippen molar-refractivity contribution in [2.24, 2.45) is 18.4 Å². The van der Waals surface area contributed by atoms with Crippen LogP contribution in [-0.4, -0.2) is 76.7 Å². The fourth-order valence-corrected chi connectivity index (χ4v) is 5.12. The molecule has 0 bridgehead atoms. The molecule has 1 aliphatic carbocycles. The van der Waals surface area contributed by atoms with Crippen molar-refractivity contribution in [3.05, 3.63) is 23.0 Å². The van der Waals surface area contributed by atoms with Gasteiger partial charge in [-0.05, 0) is 58.2 Å². The van der Waals surface area contributed by atoms with E-state index in [1.54, 1.807) is 4.68 Å². The van der Waals surface area contributed by atoms with E-state index in [1.807, 2.05) is 39.0 Å². The molecule has 8 heteroatoms. The van der Waals surface area contributed by atoms with E-state index in [1.165, 1.54) is 0 Å². The van der Waals surface area contributed by atoms with Gasteiger partial charge in [-0.2, -0.15) is 5.10 Å². The highest BCUT2D eigenvalue weighted by Gasteiger charge is 2.32. The molecule has 2 amide bonds. The number of pyridine rings is 1. The van der Waals surface area contributed by atoms with Gasteiger partial charge < -0.3 is 15.1 Å². The predicted octanol–water partition coefficient (Wildman–Crippen LogP) is 2.71. The molecule has 0 radical (unpaired) electrons. The molecule has 1 N–H and O–H groups in total. The maximum atomic E-state index is 13.6. The number of amides is 2. The van der Waals surface area contributed by atoms with Gasteiger partial charge in [0.15, 0.2) is 5.65 Å². The monoisotopic (exact) mass is 454 g/mol. The van der Waals surface area contributed by atoms with E-state index in [9.17, 15) is 9.59 Å². The summed E-state index contributed by atoms with van der Waals surface area (Å²) in [5, 5.41) is 8.52. The number of carbonyl (C=O) groups is 2. The first-order chi connectivity index (χ1) is 15.6. The molecule has 1 aliphatic heterocycles. The highest BCUT2D eigenvalue weighted by atomic mass is 16.2. The van der Waals surface area contributed by atoms with Crippen molar-refractivity contribution in [1.82, 2.24) is 29.9 Å². The SMILES string of the molecule is Cc1nn(C)c2nc(C3CC3)cc(C(=O)N3CCC(C(=O)NCC(C)(C)CN(C)C)CC3)c12. The van der Waals surface area contributed by atoms with Crippen LogP contribution in [0.1, 0.15) is 67.2 Å². The number of aryl methyl sites for hydroxylation is 2. The van der Waals surface area contributed by atoms with Gasteiger partial charge >= 0.3 is 0 Å². The second kappa shape index (κ2) is 9.05. The molecular formula is C25H38N6O2. The molecule has 1 saturated carbocycles. The summed E-state index contributed by atoms with van der Waals surface area (Å²) in [6, 6.07) is 1.99. The number of hydrogen-bond acceptors (Lipinski definition) is 5. The Morgan fingerprint density at radius 2 is 1.85 bits per heavy atom. The zero-order valence-electron chi connectivity index (χ0n) is 20.9. The van der Waals surface area contributed by atoms with Gasteiger partial charge in [0.1, 0.15) is 0 Å². The summed E-state index contributed by atoms with van der Waals surface area (Å²) < 4.78 is 1.78. The Balaban J connectivity index is 1.42. The van der Waals surface area contributed by atoms with Crippen LogP contribution in [-0.2, 0) is 11.8 Å². The van der Waals surface area contributed by atoms with E-state index < -0.39 is 0 Å². The van der Waals surface area contributed by atoms with Crippen LogP contribution in [0.25, 0.3) is 11.0 Å². The van der Waals surface area contributed by atoms with Crippen molar-refractivity contribution in [2.75, 3.05) is 40.3 Å². The van der Waals surface area contributed by atoms with E-state index in [4.69, 9.17) is 4.98 Å². The second-order valence-corrected chi connectivity index (χ2v) is 11.0. The number of carbonyl (C=O) groups excluding carboxylic acids is 2. The van der Waals surface area contributed by atoms with E-state index in [0.717, 1.165) is 41.8 Å². The Kier molecular flexibility index (Phi) is 6.49. The van der Waals surface area contributed by atoms with Gasteiger partial charge in [0, 0.05) is 50.8 Å². The van der Waals surface area contributed by atoms with Crippen molar-refractivity contribution < 1.29 is 9.59 Å². The minimum Gasteiger partial charge on any atom is -0.355 e. The molecule has 8 nitrogen and oxygen atoms in total. The number of aromatic nitrogens is 3. The largest absolute Gasteiger partial charge is 0.355 e. The summed E-state index contributed by atoms with van der Waals surface area (Å²) in [5.41, 5.74) is 3.35. The lowest BCUT2D eigenvalue weighted by molar-refractivity contribution is -0.126. The fourth-order valence-electron chi connectivity index (χ4n) is 5.12. The Morgan fingerprint density at radius 1 is 1.18 bits per heavy atom. The van der Waals surface area contributed by atoms with Gasteiger partial charge in [-0.1, -0.05) is 13.8 Å². The molecule has 0 unspecified atom stereocenters. The lowest BCUT2D eigenvalue weighted by atomic mass is 9.91. The Morgan fingerprint density at radius 3 is 2.45 bits per heavy atom. The topological polar surface area (TPSA) is 83.4 Å². The average molecular weight is 455 g/mol. The number of nitrogens with zero attached hydrogens (tertiary/aromatic N) is 5. The lowest BCUT2D eigenvalue weighted by Gasteiger charge is -2.33. The Hall–Kier alpha value is -2.48. The molecule has 4 rings (SSSR count). The number of fused-ring (bicyclic) bond motifs is 1. The zero-order valence-corrected chi connectivity index (χ0v) is 20.9. The summed E-state index contributed by atoms with van der Waals surface area (Å²) in [7, 11) is 5.98. The van der Waals surface area contributed by atoms with E-state index in [2.05, 4.69) is 29.2 Å². The normalized spacial score (nSPS) is 17.7. The van der Waals surface area contributed by atoms with Crippen molar-refractivity contribution in [2.45, 2.75) is 52.4 Å². The van der Waals surface area contributed by atoms with Crippen LogP contribution in [0.2, 0.25) is 0 Å². The highest BCUT2D eigenvalue weighted by molar-refractivity contribution is 6.06. The van der Waals surface area contributed by atoms with Crippen LogP contribution < -0.4 is 5.32 Å². The van der Waals surface area contributed by atoms with E-state index >= 15 is 0 Å². The van der Waals surface area contributed by atoms with Crippen molar-refractivity contribution in [1.29, 1.82) is 0 Å². The minimum atomic E-state index is -0.0381. The molecular weight excluding hydrogens is 416 g/mol. The summed E-state index contributed by atoms with van der Waals surface area (Å²) in [5.74, 6) is 0.567. The number of hydrogen-bond donors (Lipinski definition) is 1. The van der Waals surface area contributed by atoms with Gasteiger partial charge in [0.2, 0.25) is 5.91 Å². The van der Waals surface area contributed by atoms with Crippen molar-refractivity contribution >= 4 is 22.8 Å². The van der Waals surface area contributed by atoms with Gasteiger partial charge in [-0.15, -0.1) is 0 Å². The first-order valence-corrected chi connectivity index (χ1v) is 12.1. The minimum absolute atomic E-state index is 0.0173. The molecule has 2 aromatic rings. The van der Waals surface area contributed by atoms with E-state index in [0.29, 0.717) is 44.0 Å². The lowest BCUT2D eigenvalue weighted by Crippen LogP contribution is -2.46. The van der Waals surface area contributed by atoms with Gasteiger partial charge in [0.05, 0.1) is 16.6 Å². The zero-order chi connectivity index (χ0) is 23.9. The van der Waals surface area contributed by atoms with Crippen LogP contribution in [0.15, 0.2) is 6.07 Å². The van der Waals surface area contributed by atoms with Gasteiger partial charge in [-0.25, -0.2) is 4.98 Å². The Bertz CT molecular complexity index is 1040.